The average molecular weight is 311 g/mol. The Labute approximate surface area is 126 Å². The second-order valence-corrected chi connectivity index (χ2v) is 5.74. The summed E-state index contributed by atoms with van der Waals surface area (Å²) >= 11 is 0. The van der Waals surface area contributed by atoms with Crippen molar-refractivity contribution in [1.29, 1.82) is 0 Å². The van der Waals surface area contributed by atoms with Gasteiger partial charge in [-0.05, 0) is 36.2 Å². The third kappa shape index (κ3) is 2.85. The minimum Gasteiger partial charge on any atom is -0.326 e. The number of aromatic nitrogens is 1. The van der Waals surface area contributed by atoms with Crippen LogP contribution in [0.1, 0.15) is 23.2 Å². The fourth-order valence-corrected chi connectivity index (χ4v) is 2.78. The van der Waals surface area contributed by atoms with E-state index >= 15 is 0 Å². The van der Waals surface area contributed by atoms with Crippen molar-refractivity contribution in [2.24, 2.45) is 0 Å². The predicted octanol–water partition coefficient (Wildman–Crippen LogP) is 2.21. The number of hydrogen-bond donors (Lipinski definition) is 0. The largest absolute Gasteiger partial charge is 0.471 e. The number of amides is 1. The molecule has 4 nitrogen and oxygen atoms in total. The van der Waals surface area contributed by atoms with E-state index in [1.54, 1.807) is 6.20 Å². The molecular weight excluding hydrogens is 295 g/mol. The van der Waals surface area contributed by atoms with Crippen LogP contribution in [0.2, 0.25) is 0 Å². The third-order valence-corrected chi connectivity index (χ3v) is 4.08. The Bertz CT molecular complexity index is 639. The smallest absolute Gasteiger partial charge is 0.326 e. The summed E-state index contributed by atoms with van der Waals surface area (Å²) in [7, 11) is 2.03. The predicted molar refractivity (Wildman–Crippen MR) is 74.6 cm³/mol. The lowest BCUT2D eigenvalue weighted by Crippen LogP contribution is -2.37. The quantitative estimate of drug-likeness (QED) is 0.798. The molecule has 1 amide bonds. The van der Waals surface area contributed by atoms with E-state index in [1.165, 1.54) is 0 Å². The summed E-state index contributed by atoms with van der Waals surface area (Å²) in [4.78, 5) is 18.7. The highest BCUT2D eigenvalue weighted by Crippen LogP contribution is 2.30. The van der Waals surface area contributed by atoms with E-state index in [1.807, 2.05) is 13.1 Å². The fraction of sp³-hybridized carbons (Fsp3) is 0.467. The maximum absolute atomic E-state index is 12.5. The van der Waals surface area contributed by atoms with Gasteiger partial charge in [0.25, 0.3) is 0 Å². The Morgan fingerprint density at radius 1 is 1.27 bits per heavy atom. The molecule has 1 aromatic rings. The Hall–Kier alpha value is -1.89. The first-order chi connectivity index (χ1) is 10.3. The number of hydrogen-bond acceptors (Lipinski definition) is 3. The molecule has 0 fully saturated rings. The molecular formula is C15H16F3N3O. The van der Waals surface area contributed by atoms with Crippen molar-refractivity contribution in [2.45, 2.75) is 25.7 Å². The van der Waals surface area contributed by atoms with Crippen molar-refractivity contribution in [3.63, 3.8) is 0 Å². The molecule has 3 rings (SSSR count). The average Bonchev–Trinajstić information content (AvgIpc) is 2.89. The Morgan fingerprint density at radius 2 is 2.00 bits per heavy atom. The van der Waals surface area contributed by atoms with Gasteiger partial charge in [0.1, 0.15) is 0 Å². The molecule has 1 aromatic heterocycles. The van der Waals surface area contributed by atoms with Crippen LogP contribution in [0.3, 0.4) is 0 Å². The number of nitrogens with zero attached hydrogens (tertiary/aromatic N) is 3. The summed E-state index contributed by atoms with van der Waals surface area (Å²) in [6, 6.07) is 1.82. The van der Waals surface area contributed by atoms with Crippen LogP contribution in [0.15, 0.2) is 18.3 Å². The van der Waals surface area contributed by atoms with E-state index in [4.69, 9.17) is 0 Å². The summed E-state index contributed by atoms with van der Waals surface area (Å²) in [6.07, 6.45) is -0.276. The first-order valence-electron chi connectivity index (χ1n) is 7.06. The lowest BCUT2D eigenvalue weighted by Gasteiger charge is -2.21. The van der Waals surface area contributed by atoms with Gasteiger partial charge in [-0.3, -0.25) is 9.78 Å². The van der Waals surface area contributed by atoms with Crippen LogP contribution in [0, 0.1) is 0 Å². The summed E-state index contributed by atoms with van der Waals surface area (Å²) in [5.41, 5.74) is 3.35. The van der Waals surface area contributed by atoms with E-state index in [0.717, 1.165) is 41.2 Å². The fourth-order valence-electron chi connectivity index (χ4n) is 2.78. The van der Waals surface area contributed by atoms with Crippen molar-refractivity contribution in [1.82, 2.24) is 14.8 Å². The van der Waals surface area contributed by atoms with Gasteiger partial charge >= 0.3 is 12.1 Å². The minimum atomic E-state index is -4.82. The molecule has 0 saturated heterocycles. The Balaban J connectivity index is 1.79. The summed E-state index contributed by atoms with van der Waals surface area (Å²) < 4.78 is 37.5. The molecule has 0 aliphatic carbocycles. The molecule has 0 N–H and O–H groups in total. The highest BCUT2D eigenvalue weighted by atomic mass is 19.4. The molecule has 3 heterocycles. The zero-order chi connectivity index (χ0) is 15.9. The number of pyridine rings is 1. The molecule has 0 radical (unpaired) electrons. The molecule has 0 spiro atoms. The van der Waals surface area contributed by atoms with Gasteiger partial charge in [0.15, 0.2) is 0 Å². The first-order valence-corrected chi connectivity index (χ1v) is 7.06. The van der Waals surface area contributed by atoms with Gasteiger partial charge in [-0.15, -0.1) is 0 Å². The van der Waals surface area contributed by atoms with Crippen LogP contribution < -0.4 is 0 Å². The van der Waals surface area contributed by atoms with Gasteiger partial charge in [0.2, 0.25) is 0 Å². The van der Waals surface area contributed by atoms with Crippen molar-refractivity contribution in [3.8, 4) is 0 Å². The third-order valence-electron chi connectivity index (χ3n) is 4.08. The van der Waals surface area contributed by atoms with E-state index in [0.29, 0.717) is 5.56 Å². The molecule has 0 bridgehead atoms. The van der Waals surface area contributed by atoms with E-state index in [9.17, 15) is 18.0 Å². The normalized spacial score (nSPS) is 19.1. The van der Waals surface area contributed by atoms with Gasteiger partial charge in [-0.1, -0.05) is 6.08 Å². The maximum Gasteiger partial charge on any atom is 0.471 e. The second-order valence-electron chi connectivity index (χ2n) is 5.74. The number of carbonyl (C=O) groups is 1. The van der Waals surface area contributed by atoms with Crippen molar-refractivity contribution >= 4 is 11.5 Å². The number of rotatable bonds is 1. The van der Waals surface area contributed by atoms with Gasteiger partial charge in [0, 0.05) is 32.4 Å². The monoisotopic (exact) mass is 311 g/mol. The van der Waals surface area contributed by atoms with Gasteiger partial charge < -0.3 is 9.80 Å². The van der Waals surface area contributed by atoms with E-state index in [2.05, 4.69) is 16.0 Å². The van der Waals surface area contributed by atoms with Crippen molar-refractivity contribution in [3.05, 3.63) is 35.2 Å². The molecule has 2 aliphatic heterocycles. The summed E-state index contributed by atoms with van der Waals surface area (Å²) in [6.45, 7) is 1.75. The van der Waals surface area contributed by atoms with Gasteiger partial charge in [-0.2, -0.15) is 13.2 Å². The molecule has 0 unspecified atom stereocenters. The highest BCUT2D eigenvalue weighted by molar-refractivity contribution is 5.82. The SMILES string of the molecule is CN1CC=C(c2cc3c(cn2)CN(C(=O)C(F)(F)F)C3)CC1. The van der Waals surface area contributed by atoms with E-state index in [-0.39, 0.29) is 13.1 Å². The van der Waals surface area contributed by atoms with E-state index < -0.39 is 12.1 Å². The lowest BCUT2D eigenvalue weighted by atomic mass is 10.0. The molecule has 7 heteroatoms. The van der Waals surface area contributed by atoms with Crippen LogP contribution >= 0.6 is 0 Å². The molecule has 118 valence electrons. The molecule has 0 saturated carbocycles. The van der Waals surface area contributed by atoms with Crippen LogP contribution in [0.25, 0.3) is 5.57 Å². The lowest BCUT2D eigenvalue weighted by molar-refractivity contribution is -0.186. The maximum atomic E-state index is 12.5. The number of fused-ring (bicyclic) bond motifs is 1. The molecule has 2 aliphatic rings. The summed E-state index contributed by atoms with van der Waals surface area (Å²) in [5, 5.41) is 0. The number of halogens is 3. The zero-order valence-corrected chi connectivity index (χ0v) is 12.2. The van der Waals surface area contributed by atoms with Crippen molar-refractivity contribution in [2.75, 3.05) is 20.1 Å². The second kappa shape index (κ2) is 5.39. The number of carbonyl (C=O) groups excluding carboxylic acids is 1. The highest BCUT2D eigenvalue weighted by Gasteiger charge is 2.44. The topological polar surface area (TPSA) is 36.4 Å². The molecule has 0 atom stereocenters. The number of alkyl halides is 3. The molecule has 22 heavy (non-hydrogen) atoms. The first kappa shape index (κ1) is 15.0. The van der Waals surface area contributed by atoms with Gasteiger partial charge in [-0.25, -0.2) is 0 Å². The number of likely N-dealkylation sites (N-methyl/N-ethyl adjacent to an activating group) is 1. The van der Waals surface area contributed by atoms with Crippen LogP contribution in [-0.2, 0) is 17.9 Å². The van der Waals surface area contributed by atoms with Crippen LogP contribution in [0.4, 0.5) is 13.2 Å². The Kier molecular flexibility index (Phi) is 3.68. The van der Waals surface area contributed by atoms with Crippen molar-refractivity contribution < 1.29 is 18.0 Å². The standard InChI is InChI=1S/C15H16F3N3O/c1-20-4-2-10(3-5-20)13-6-11-8-21(9-12(11)7-19-13)14(22)15(16,17)18/h2,6-7H,3-5,8-9H2,1H3. The van der Waals surface area contributed by atoms with Crippen LogP contribution in [-0.4, -0.2) is 47.0 Å². The van der Waals surface area contributed by atoms with Gasteiger partial charge in [0.05, 0.1) is 5.69 Å². The zero-order valence-electron chi connectivity index (χ0n) is 12.2. The van der Waals surface area contributed by atoms with Crippen LogP contribution in [0.5, 0.6) is 0 Å². The Morgan fingerprint density at radius 3 is 2.64 bits per heavy atom. The minimum absolute atomic E-state index is 0.00359. The molecule has 0 aromatic carbocycles. The summed E-state index contributed by atoms with van der Waals surface area (Å²) in [5.74, 6) is -1.79.